The predicted molar refractivity (Wildman–Crippen MR) is 197 cm³/mol. The first-order valence-electron chi connectivity index (χ1n) is 17.9. The third kappa shape index (κ3) is 14.2. The molecule has 3 N–H and O–H groups in total. The largest absolute Gasteiger partial charge is 0.497 e. The number of carbonyl (C=O) groups is 1. The molecule has 5 atom stereocenters. The monoisotopic (exact) mass is 772 g/mol. The van der Waals surface area contributed by atoms with E-state index in [1.165, 1.54) is 25.5 Å². The van der Waals surface area contributed by atoms with Crippen molar-refractivity contribution in [2.75, 3.05) is 59.2 Å². The Morgan fingerprint density at radius 1 is 0.962 bits per heavy atom. The molecule has 0 bridgehead atoms. The van der Waals surface area contributed by atoms with Crippen molar-refractivity contribution in [1.82, 2.24) is 10.6 Å². The third-order valence-electron chi connectivity index (χ3n) is 8.86. The molecule has 0 aliphatic carbocycles. The Morgan fingerprint density at radius 3 is 2.17 bits per heavy atom. The summed E-state index contributed by atoms with van der Waals surface area (Å²) in [5.41, 5.74) is 0.878. The molecule has 52 heavy (non-hydrogen) atoms. The van der Waals surface area contributed by atoms with Crippen LogP contribution in [0, 0.1) is 11.8 Å². The van der Waals surface area contributed by atoms with Crippen LogP contribution in [0.3, 0.4) is 0 Å². The molecule has 2 saturated heterocycles. The van der Waals surface area contributed by atoms with E-state index in [-0.39, 0.29) is 37.9 Å². The van der Waals surface area contributed by atoms with Gasteiger partial charge in [0.1, 0.15) is 17.6 Å². The molecule has 0 unspecified atom stereocenters. The second-order valence-corrected chi connectivity index (χ2v) is 16.7. The lowest BCUT2D eigenvalue weighted by atomic mass is 10.00. The smallest absolute Gasteiger partial charge is 0.407 e. The number of sulfone groups is 1. The van der Waals surface area contributed by atoms with Crippen molar-refractivity contribution in [1.29, 1.82) is 0 Å². The highest BCUT2D eigenvalue weighted by Crippen LogP contribution is 2.47. The van der Waals surface area contributed by atoms with Crippen LogP contribution in [0.1, 0.15) is 52.5 Å². The van der Waals surface area contributed by atoms with Crippen LogP contribution in [0.2, 0.25) is 0 Å². The molecule has 2 aliphatic rings. The van der Waals surface area contributed by atoms with Gasteiger partial charge in [0.2, 0.25) is 0 Å². The SMILES string of the molecule is CCOP(=O)(COc1ccc(C[C@H](NC(=O)O[C@H]2CO[C@H]3OCC[C@H]32)[C@H](O)CNCC(CC)CC)cc1)OCC.COc1ccc(S(C)(=O)=O)cc1. The number of fused-ring (bicyclic) bond motifs is 1. The summed E-state index contributed by atoms with van der Waals surface area (Å²) in [6, 6.07) is 12.9. The van der Waals surface area contributed by atoms with Crippen molar-refractivity contribution in [2.45, 2.75) is 82.8 Å². The van der Waals surface area contributed by atoms with Gasteiger partial charge in [0.25, 0.3) is 0 Å². The van der Waals surface area contributed by atoms with Crippen molar-refractivity contribution in [3.8, 4) is 11.5 Å². The van der Waals surface area contributed by atoms with Crippen LogP contribution >= 0.6 is 7.60 Å². The lowest BCUT2D eigenvalue weighted by Gasteiger charge is -2.26. The van der Waals surface area contributed by atoms with Crippen molar-refractivity contribution in [3.05, 3.63) is 54.1 Å². The Kier molecular flexibility index (Phi) is 18.3. The molecule has 0 aromatic heterocycles. The quantitative estimate of drug-likeness (QED) is 0.150. The second-order valence-electron chi connectivity index (χ2n) is 12.6. The zero-order valence-electron chi connectivity index (χ0n) is 31.2. The molecule has 1 amide bonds. The van der Waals surface area contributed by atoms with Crippen molar-refractivity contribution in [3.63, 3.8) is 0 Å². The van der Waals surface area contributed by atoms with Crippen LogP contribution in [0.5, 0.6) is 11.5 Å². The van der Waals surface area contributed by atoms with Gasteiger partial charge in [0.05, 0.1) is 56.5 Å². The van der Waals surface area contributed by atoms with E-state index in [1.807, 2.05) is 12.1 Å². The normalized spacial score (nSPS) is 19.7. The third-order valence-corrected chi connectivity index (χ3v) is 11.7. The molecule has 14 nitrogen and oxygen atoms in total. The van der Waals surface area contributed by atoms with E-state index in [9.17, 15) is 22.9 Å². The molecule has 294 valence electrons. The maximum Gasteiger partial charge on any atom is 0.407 e. The first-order chi connectivity index (χ1) is 24.8. The Hall–Kier alpha value is -2.75. The van der Waals surface area contributed by atoms with E-state index in [2.05, 4.69) is 24.5 Å². The van der Waals surface area contributed by atoms with Gasteiger partial charge in [-0.3, -0.25) is 4.57 Å². The second kappa shape index (κ2) is 21.8. The molecule has 0 saturated carbocycles. The number of amides is 1. The van der Waals surface area contributed by atoms with E-state index >= 15 is 0 Å². The molecular weight excluding hydrogens is 715 g/mol. The summed E-state index contributed by atoms with van der Waals surface area (Å²) in [6.07, 6.45) is 2.13. The summed E-state index contributed by atoms with van der Waals surface area (Å²) in [5, 5.41) is 17.3. The predicted octanol–water partition coefficient (Wildman–Crippen LogP) is 5.17. The van der Waals surface area contributed by atoms with Crippen LogP contribution in [0.15, 0.2) is 53.4 Å². The van der Waals surface area contributed by atoms with Gasteiger partial charge < -0.3 is 48.5 Å². The maximum absolute atomic E-state index is 12.9. The van der Waals surface area contributed by atoms with Crippen molar-refractivity contribution in [2.24, 2.45) is 11.8 Å². The Morgan fingerprint density at radius 2 is 1.60 bits per heavy atom. The van der Waals surface area contributed by atoms with E-state index in [0.717, 1.165) is 31.4 Å². The number of hydrogen-bond donors (Lipinski definition) is 3. The van der Waals surface area contributed by atoms with Crippen LogP contribution in [-0.4, -0.2) is 103 Å². The minimum atomic E-state index is -3.33. The van der Waals surface area contributed by atoms with Crippen LogP contribution in [0.4, 0.5) is 4.79 Å². The van der Waals surface area contributed by atoms with Crippen molar-refractivity contribution < 1.29 is 55.6 Å². The van der Waals surface area contributed by atoms with Crippen molar-refractivity contribution >= 4 is 23.5 Å². The average Bonchev–Trinajstić information content (AvgIpc) is 3.75. The zero-order chi connectivity index (χ0) is 38.1. The van der Waals surface area contributed by atoms with Gasteiger partial charge in [-0.25, -0.2) is 13.2 Å². The molecule has 2 heterocycles. The lowest BCUT2D eigenvalue weighted by Crippen LogP contribution is -2.50. The summed E-state index contributed by atoms with van der Waals surface area (Å²) in [6.45, 7) is 10.3. The van der Waals surface area contributed by atoms with E-state index in [1.54, 1.807) is 38.1 Å². The molecular formula is C36H57N2O12PS. The molecule has 2 aromatic rings. The highest BCUT2D eigenvalue weighted by molar-refractivity contribution is 7.90. The average molecular weight is 773 g/mol. The van der Waals surface area contributed by atoms with Crippen LogP contribution < -0.4 is 20.1 Å². The Balaban J connectivity index is 0.000000513. The standard InChI is InChI=1S/C28H47N2O9P.C8H10O3S/c1-5-20(6-2)16-29-17-25(31)24(30-28(32)39-26-18-35-27-23(26)13-14-34-27)15-21-9-11-22(12-10-21)36-19-40(33,37-7-3)38-8-4;1-11-7-3-5-8(6-4-7)12(2,9)10/h9-12,20,23-27,29,31H,5-8,13-19H2,1-4H3,(H,30,32);3-6H,1-2H3/t23-,24-,25+,26-,27+;/m0./s1. The number of nitrogens with one attached hydrogen (secondary N) is 2. The minimum absolute atomic E-state index is 0.0316. The van der Waals surface area contributed by atoms with Crippen LogP contribution in [0.25, 0.3) is 0 Å². The first kappa shape index (κ1) is 43.7. The molecule has 4 rings (SSSR count). The summed E-state index contributed by atoms with van der Waals surface area (Å²) in [4.78, 5) is 13.2. The van der Waals surface area contributed by atoms with Gasteiger partial charge in [-0.2, -0.15) is 0 Å². The highest BCUT2D eigenvalue weighted by Gasteiger charge is 2.44. The number of hydrogen-bond acceptors (Lipinski definition) is 13. The van der Waals surface area contributed by atoms with Gasteiger partial charge in [0.15, 0.2) is 22.5 Å². The number of alkyl carbamates (subject to hydrolysis) is 1. The number of benzene rings is 2. The molecule has 2 aromatic carbocycles. The maximum atomic E-state index is 12.9. The van der Waals surface area contributed by atoms with Gasteiger partial charge >= 0.3 is 13.7 Å². The summed E-state index contributed by atoms with van der Waals surface area (Å²) < 4.78 is 72.5. The van der Waals surface area contributed by atoms with Gasteiger partial charge in [-0.05, 0) is 81.1 Å². The fourth-order valence-corrected chi connectivity index (χ4v) is 7.71. The number of aliphatic hydroxyl groups is 1. The molecule has 16 heteroatoms. The van der Waals surface area contributed by atoms with Gasteiger partial charge in [-0.15, -0.1) is 0 Å². The molecule has 0 spiro atoms. The number of methoxy groups -OCH3 is 1. The topological polar surface area (TPSA) is 177 Å². The Labute approximate surface area is 308 Å². The first-order valence-corrected chi connectivity index (χ1v) is 21.5. The zero-order valence-corrected chi connectivity index (χ0v) is 32.9. The van der Waals surface area contributed by atoms with E-state index in [4.69, 9.17) is 32.7 Å². The minimum Gasteiger partial charge on any atom is -0.497 e. The number of rotatable bonds is 20. The van der Waals surface area contributed by atoms with Gasteiger partial charge in [-0.1, -0.05) is 38.8 Å². The number of ether oxygens (including phenoxy) is 5. The van der Waals surface area contributed by atoms with Gasteiger partial charge in [0, 0.05) is 12.8 Å². The number of aliphatic hydroxyl groups excluding tert-OH is 1. The summed E-state index contributed by atoms with van der Waals surface area (Å²) in [5.74, 6) is 1.72. The summed E-state index contributed by atoms with van der Waals surface area (Å²) >= 11 is 0. The highest BCUT2D eigenvalue weighted by atomic mass is 32.2. The Bertz CT molecular complexity index is 1480. The molecule has 0 radical (unpaired) electrons. The fourth-order valence-electron chi connectivity index (χ4n) is 5.77. The lowest BCUT2D eigenvalue weighted by molar-refractivity contribution is -0.0907. The molecule has 2 aliphatic heterocycles. The molecule has 2 fully saturated rings. The fraction of sp³-hybridized carbons (Fsp3) is 0.639. The summed E-state index contributed by atoms with van der Waals surface area (Å²) in [7, 11) is -4.88. The van der Waals surface area contributed by atoms with E-state index in [0.29, 0.717) is 48.5 Å². The number of carbonyl (C=O) groups excluding carboxylic acids is 1. The van der Waals surface area contributed by atoms with Crippen LogP contribution in [-0.2, 0) is 44.1 Å². The van der Waals surface area contributed by atoms with E-state index < -0.39 is 35.7 Å².